The van der Waals surface area contributed by atoms with Crippen LogP contribution in [0.5, 0.6) is 0 Å². The summed E-state index contributed by atoms with van der Waals surface area (Å²) in [5, 5.41) is 0. The Bertz CT molecular complexity index is 1570. The number of hydrogen-bond acceptors (Lipinski definition) is 5. The normalized spacial score (nSPS) is 52.5. The van der Waals surface area contributed by atoms with Crippen molar-refractivity contribution in [2.24, 2.45) is 70.5 Å². The van der Waals surface area contributed by atoms with E-state index in [9.17, 15) is 27.2 Å². The van der Waals surface area contributed by atoms with Crippen molar-refractivity contribution in [3.63, 3.8) is 0 Å². The van der Waals surface area contributed by atoms with Crippen molar-refractivity contribution in [2.45, 2.75) is 241 Å². The predicted molar refractivity (Wildman–Crippen MR) is 235 cm³/mol. The Labute approximate surface area is 388 Å². The minimum absolute atomic E-state index is 0.244. The maximum absolute atomic E-state index is 16.1. The maximum atomic E-state index is 16.1. The van der Waals surface area contributed by atoms with E-state index in [1.165, 1.54) is 64.2 Å². The van der Waals surface area contributed by atoms with Gasteiger partial charge in [0.25, 0.3) is 0 Å². The smallest absolute Gasteiger partial charge is 0.161 e. The molecule has 9 saturated carbocycles. The zero-order valence-electron chi connectivity index (χ0n) is 39.4. The number of carbonyl (C=O) groups is 2. The third-order valence-corrected chi connectivity index (χ3v) is 20.3. The standard InChI is InChI=1S/C53H78F8O5/c1-27-42(54)44(56)40(45(57)43(27)55)50(62)28-11-19-33(20-12-28)65-34-21-13-29(14-22-34)51(63)41-46(58)48(60)52(49(61)47(41)59)66-35-25-17-31(18-26-35)53(30-15-23-32(64-2)24-16-30)38-9-5-3-7-36(38)37-8-4-6-10-39(37)53/h27-49,52H,3-26H2,1-2H3. The van der Waals surface area contributed by atoms with Gasteiger partial charge in [-0.25, -0.2) is 35.1 Å². The minimum Gasteiger partial charge on any atom is -0.381 e. The number of halogens is 8. The van der Waals surface area contributed by atoms with Gasteiger partial charge in [0.05, 0.1) is 36.3 Å². The summed E-state index contributed by atoms with van der Waals surface area (Å²) in [5.41, 5.74) is 0.259. The summed E-state index contributed by atoms with van der Waals surface area (Å²) in [5.74, 6) is -4.40. The van der Waals surface area contributed by atoms with E-state index >= 15 is 17.6 Å². The van der Waals surface area contributed by atoms with Crippen molar-refractivity contribution in [2.75, 3.05) is 7.11 Å². The molecule has 9 rings (SSSR count). The van der Waals surface area contributed by atoms with Crippen LogP contribution in [0.15, 0.2) is 0 Å². The molecule has 0 aromatic heterocycles. The molecule has 0 amide bonds. The molecule has 9 aliphatic carbocycles. The second-order valence-electron chi connectivity index (χ2n) is 23.2. The van der Waals surface area contributed by atoms with Crippen LogP contribution < -0.4 is 0 Å². The molecule has 0 saturated heterocycles. The number of hydrogen-bond donors (Lipinski definition) is 0. The van der Waals surface area contributed by atoms with Gasteiger partial charge < -0.3 is 14.2 Å². The molecular formula is C53H78F8O5. The summed E-state index contributed by atoms with van der Waals surface area (Å²) in [6.07, 6.45) is -1.20. The molecule has 0 heterocycles. The van der Waals surface area contributed by atoms with E-state index in [2.05, 4.69) is 0 Å². The Balaban J connectivity index is 0.762. The van der Waals surface area contributed by atoms with Crippen LogP contribution in [0, 0.1) is 70.5 Å². The van der Waals surface area contributed by atoms with Gasteiger partial charge in [0.1, 0.15) is 54.7 Å². The number of methoxy groups -OCH3 is 1. The average molecular weight is 947 g/mol. The molecule has 13 heteroatoms. The van der Waals surface area contributed by atoms with Crippen molar-refractivity contribution in [1.82, 2.24) is 0 Å². The number of carbonyl (C=O) groups excluding carboxylic acids is 2. The first-order valence-corrected chi connectivity index (χ1v) is 26.8. The molecule has 9 fully saturated rings. The molecule has 0 bridgehead atoms. The molecule has 0 N–H and O–H groups in total. The molecule has 12 atom stereocenters. The first kappa shape index (κ1) is 49.6. The molecule has 376 valence electrons. The molecule has 0 aliphatic heterocycles. The van der Waals surface area contributed by atoms with Gasteiger partial charge in [-0.05, 0) is 169 Å². The number of fused-ring (bicyclic) bond motifs is 3. The van der Waals surface area contributed by atoms with E-state index in [0.29, 0.717) is 56.5 Å². The van der Waals surface area contributed by atoms with E-state index in [4.69, 9.17) is 14.2 Å². The third-order valence-electron chi connectivity index (χ3n) is 20.3. The first-order chi connectivity index (χ1) is 31.8. The number of alkyl halides is 8. The Morgan fingerprint density at radius 1 is 0.409 bits per heavy atom. The fourth-order valence-corrected chi connectivity index (χ4v) is 17.1. The van der Waals surface area contributed by atoms with Crippen LogP contribution in [0.3, 0.4) is 0 Å². The van der Waals surface area contributed by atoms with Gasteiger partial charge in [0.2, 0.25) is 0 Å². The van der Waals surface area contributed by atoms with Crippen molar-refractivity contribution in [1.29, 1.82) is 0 Å². The second-order valence-corrected chi connectivity index (χ2v) is 23.2. The highest BCUT2D eigenvalue weighted by Crippen LogP contribution is 2.72. The average Bonchev–Trinajstić information content (AvgIpc) is 3.65. The van der Waals surface area contributed by atoms with E-state index in [1.807, 2.05) is 7.11 Å². The Morgan fingerprint density at radius 2 is 0.758 bits per heavy atom. The number of ketones is 2. The van der Waals surface area contributed by atoms with Crippen molar-refractivity contribution >= 4 is 11.6 Å². The minimum atomic E-state index is -2.52. The van der Waals surface area contributed by atoms with Crippen LogP contribution in [0.1, 0.15) is 161 Å². The van der Waals surface area contributed by atoms with Gasteiger partial charge in [0, 0.05) is 24.9 Å². The molecule has 9 aliphatic rings. The predicted octanol–water partition coefficient (Wildman–Crippen LogP) is 12.6. The van der Waals surface area contributed by atoms with Crippen LogP contribution >= 0.6 is 0 Å². The summed E-state index contributed by atoms with van der Waals surface area (Å²) in [4.78, 5) is 26.8. The van der Waals surface area contributed by atoms with Gasteiger partial charge in [-0.2, -0.15) is 0 Å². The van der Waals surface area contributed by atoms with Crippen LogP contribution in [-0.4, -0.2) is 98.6 Å². The summed E-state index contributed by atoms with van der Waals surface area (Å²) < 4.78 is 141. The molecule has 0 spiro atoms. The van der Waals surface area contributed by atoms with Crippen LogP contribution in [0.2, 0.25) is 0 Å². The van der Waals surface area contributed by atoms with Gasteiger partial charge in [-0.3, -0.25) is 9.59 Å². The maximum Gasteiger partial charge on any atom is 0.161 e. The summed E-state index contributed by atoms with van der Waals surface area (Å²) in [6.45, 7) is 1.10. The topological polar surface area (TPSA) is 61.8 Å². The van der Waals surface area contributed by atoms with Gasteiger partial charge >= 0.3 is 0 Å². The zero-order chi connectivity index (χ0) is 46.6. The Hall–Kier alpha value is -1.34. The van der Waals surface area contributed by atoms with Crippen LogP contribution in [0.25, 0.3) is 0 Å². The molecule has 0 aromatic rings. The fourth-order valence-electron chi connectivity index (χ4n) is 17.1. The van der Waals surface area contributed by atoms with E-state index in [-0.39, 0.29) is 43.3 Å². The number of ether oxygens (including phenoxy) is 3. The van der Waals surface area contributed by atoms with E-state index < -0.39 is 103 Å². The fraction of sp³-hybridized carbons (Fsp3) is 0.962. The zero-order valence-corrected chi connectivity index (χ0v) is 39.4. The number of Topliss-reactive ketones (excluding diaryl/α,β-unsaturated/α-hetero) is 2. The lowest BCUT2D eigenvalue weighted by molar-refractivity contribution is -0.181. The summed E-state index contributed by atoms with van der Waals surface area (Å²) in [7, 11) is 1.83. The highest BCUT2D eigenvalue weighted by Gasteiger charge is 2.66. The van der Waals surface area contributed by atoms with Crippen molar-refractivity contribution in [3.8, 4) is 0 Å². The van der Waals surface area contributed by atoms with Crippen LogP contribution in [0.4, 0.5) is 35.1 Å². The monoisotopic (exact) mass is 947 g/mol. The van der Waals surface area contributed by atoms with Crippen LogP contribution in [-0.2, 0) is 23.8 Å². The van der Waals surface area contributed by atoms with E-state index in [0.717, 1.165) is 56.3 Å². The van der Waals surface area contributed by atoms with E-state index in [1.54, 1.807) is 0 Å². The summed E-state index contributed by atoms with van der Waals surface area (Å²) >= 11 is 0. The molecule has 66 heavy (non-hydrogen) atoms. The van der Waals surface area contributed by atoms with Gasteiger partial charge in [0.15, 0.2) is 12.3 Å². The van der Waals surface area contributed by atoms with Gasteiger partial charge in [-0.1, -0.05) is 32.6 Å². The second kappa shape index (κ2) is 20.8. The summed E-state index contributed by atoms with van der Waals surface area (Å²) in [6, 6.07) is 0. The van der Waals surface area contributed by atoms with Crippen molar-refractivity contribution in [3.05, 3.63) is 0 Å². The Morgan fingerprint density at radius 3 is 1.17 bits per heavy atom. The van der Waals surface area contributed by atoms with Gasteiger partial charge in [-0.15, -0.1) is 0 Å². The molecule has 12 unspecified atom stereocenters. The third kappa shape index (κ3) is 9.00. The lowest BCUT2D eigenvalue weighted by atomic mass is 9.48. The lowest BCUT2D eigenvalue weighted by Crippen LogP contribution is -2.60. The molecule has 5 nitrogen and oxygen atoms in total. The molecule has 0 aromatic carbocycles. The Kier molecular flexibility index (Phi) is 15.6. The largest absolute Gasteiger partial charge is 0.381 e. The number of rotatable bonds is 11. The lowest BCUT2D eigenvalue weighted by Gasteiger charge is -2.57. The quantitative estimate of drug-likeness (QED) is 0.193. The molecule has 0 radical (unpaired) electrons. The SMILES string of the molecule is COC1CCC(C2(C3CCC(OC4C(F)C(F)C(C(=O)C5CCC(OC6CCC(C(=O)C7C(F)C(F)C(C)C(F)C7F)CC6)CC5)C(F)C4F)CC3)C3CCCCC3C3CCCCC32)CC1. The van der Waals surface area contributed by atoms with Crippen molar-refractivity contribution < 1.29 is 58.9 Å². The first-order valence-electron chi connectivity index (χ1n) is 26.8. The molecular weight excluding hydrogens is 869 g/mol. The highest BCUT2D eigenvalue weighted by atomic mass is 19.2. The highest BCUT2D eigenvalue weighted by molar-refractivity contribution is 5.85.